The summed E-state index contributed by atoms with van der Waals surface area (Å²) in [6.07, 6.45) is 1.39. The third kappa shape index (κ3) is 3.69. The molecule has 2 N–H and O–H groups in total. The topological polar surface area (TPSA) is 84.5 Å². The summed E-state index contributed by atoms with van der Waals surface area (Å²) < 4.78 is 10.7. The van der Waals surface area contributed by atoms with Gasteiger partial charge in [0.05, 0.1) is 17.6 Å². The Morgan fingerprint density at radius 1 is 0.958 bits per heavy atom. The molecule has 0 aliphatic carbocycles. The number of anilines is 2. The number of hydrogen-bond acceptors (Lipinski definition) is 4. The minimum Gasteiger partial charge on any atom is -0.459 e. The standard InChI is InChI=1S/C16H10BrClN2O4/c17-14-6-5-13(24-14)16(22)19-10-4-3-9(18)8-11(10)20-15(21)12-2-1-7-23-12/h1-8H,(H,19,22)(H,20,21). The summed E-state index contributed by atoms with van der Waals surface area (Å²) in [6, 6.07) is 11.0. The number of halogens is 2. The lowest BCUT2D eigenvalue weighted by molar-refractivity contribution is 0.0986. The van der Waals surface area contributed by atoms with Crippen LogP contribution in [0.5, 0.6) is 0 Å². The molecule has 0 bridgehead atoms. The predicted molar refractivity (Wildman–Crippen MR) is 92.5 cm³/mol. The number of hydrogen-bond donors (Lipinski definition) is 2. The van der Waals surface area contributed by atoms with E-state index < -0.39 is 11.8 Å². The summed E-state index contributed by atoms with van der Waals surface area (Å²) in [5.41, 5.74) is 0.708. The minimum atomic E-state index is -0.462. The van der Waals surface area contributed by atoms with E-state index in [1.165, 1.54) is 24.5 Å². The largest absolute Gasteiger partial charge is 0.459 e. The van der Waals surface area contributed by atoms with Gasteiger partial charge in [0.25, 0.3) is 11.8 Å². The van der Waals surface area contributed by atoms with Gasteiger partial charge in [-0.05, 0) is 58.4 Å². The van der Waals surface area contributed by atoms with Crippen molar-refractivity contribution in [2.75, 3.05) is 10.6 Å². The number of rotatable bonds is 4. The molecule has 0 atom stereocenters. The Bertz CT molecular complexity index is 889. The van der Waals surface area contributed by atoms with E-state index in [4.69, 9.17) is 20.4 Å². The van der Waals surface area contributed by atoms with Gasteiger partial charge in [0.2, 0.25) is 0 Å². The van der Waals surface area contributed by atoms with E-state index in [1.807, 2.05) is 0 Å². The zero-order valence-electron chi connectivity index (χ0n) is 12.0. The van der Waals surface area contributed by atoms with Gasteiger partial charge in [-0.25, -0.2) is 0 Å². The van der Waals surface area contributed by atoms with E-state index in [-0.39, 0.29) is 11.5 Å². The van der Waals surface area contributed by atoms with E-state index in [9.17, 15) is 9.59 Å². The van der Waals surface area contributed by atoms with Crippen LogP contribution in [0.1, 0.15) is 21.1 Å². The summed E-state index contributed by atoms with van der Waals surface area (Å²) in [7, 11) is 0. The average Bonchev–Trinajstić information content (AvgIpc) is 3.21. The van der Waals surface area contributed by atoms with E-state index in [1.54, 1.807) is 24.3 Å². The lowest BCUT2D eigenvalue weighted by Gasteiger charge is -2.11. The number of nitrogens with one attached hydrogen (secondary N) is 2. The van der Waals surface area contributed by atoms with Crippen LogP contribution in [0.2, 0.25) is 5.02 Å². The molecule has 0 saturated carbocycles. The van der Waals surface area contributed by atoms with Gasteiger partial charge >= 0.3 is 0 Å². The fourth-order valence-corrected chi connectivity index (χ4v) is 2.42. The van der Waals surface area contributed by atoms with Crippen LogP contribution in [0.25, 0.3) is 0 Å². The molecule has 0 saturated heterocycles. The molecule has 3 aromatic rings. The van der Waals surface area contributed by atoms with Crippen molar-refractivity contribution in [3.05, 3.63) is 69.9 Å². The fraction of sp³-hybridized carbons (Fsp3) is 0. The van der Waals surface area contributed by atoms with Crippen molar-refractivity contribution in [2.24, 2.45) is 0 Å². The van der Waals surface area contributed by atoms with E-state index >= 15 is 0 Å². The molecule has 2 aromatic heterocycles. The summed E-state index contributed by atoms with van der Waals surface area (Å²) in [5, 5.41) is 5.71. The molecule has 122 valence electrons. The molecule has 0 spiro atoms. The van der Waals surface area contributed by atoms with Crippen LogP contribution in [-0.2, 0) is 0 Å². The molecule has 0 radical (unpaired) electrons. The van der Waals surface area contributed by atoms with E-state index in [2.05, 4.69) is 26.6 Å². The van der Waals surface area contributed by atoms with Gasteiger partial charge in [-0.15, -0.1) is 0 Å². The summed E-state index contributed by atoms with van der Waals surface area (Å²) in [5.74, 6) is -0.655. The highest BCUT2D eigenvalue weighted by Gasteiger charge is 2.16. The molecule has 8 heteroatoms. The summed E-state index contributed by atoms with van der Waals surface area (Å²) in [6.45, 7) is 0. The molecule has 2 heterocycles. The zero-order valence-corrected chi connectivity index (χ0v) is 14.3. The van der Waals surface area contributed by atoms with Crippen LogP contribution < -0.4 is 10.6 Å². The third-order valence-corrected chi connectivity index (χ3v) is 3.68. The maximum absolute atomic E-state index is 12.2. The highest BCUT2D eigenvalue weighted by atomic mass is 79.9. The molecule has 0 fully saturated rings. The second-order valence-electron chi connectivity index (χ2n) is 4.68. The molecular weight excluding hydrogens is 400 g/mol. The maximum Gasteiger partial charge on any atom is 0.291 e. The Hall–Kier alpha value is -2.51. The van der Waals surface area contributed by atoms with Crippen molar-refractivity contribution >= 4 is 50.7 Å². The van der Waals surface area contributed by atoms with Gasteiger partial charge in [-0.1, -0.05) is 11.6 Å². The van der Waals surface area contributed by atoms with Crippen molar-refractivity contribution in [2.45, 2.75) is 0 Å². The van der Waals surface area contributed by atoms with Gasteiger partial charge in [0.1, 0.15) is 0 Å². The first kappa shape index (κ1) is 16.4. The number of furan rings is 2. The first-order valence-corrected chi connectivity index (χ1v) is 7.91. The van der Waals surface area contributed by atoms with Gasteiger partial charge in [0.15, 0.2) is 16.2 Å². The van der Waals surface area contributed by atoms with Crippen molar-refractivity contribution in [1.82, 2.24) is 0 Å². The molecule has 24 heavy (non-hydrogen) atoms. The second-order valence-corrected chi connectivity index (χ2v) is 5.90. The number of amides is 2. The quantitative estimate of drug-likeness (QED) is 0.648. The first-order valence-electron chi connectivity index (χ1n) is 6.74. The lowest BCUT2D eigenvalue weighted by atomic mass is 10.2. The number of carbonyl (C=O) groups excluding carboxylic acids is 2. The monoisotopic (exact) mass is 408 g/mol. The highest BCUT2D eigenvalue weighted by molar-refractivity contribution is 9.10. The van der Waals surface area contributed by atoms with Gasteiger partial charge in [-0.3, -0.25) is 9.59 Å². The third-order valence-electron chi connectivity index (χ3n) is 3.02. The molecule has 0 unspecified atom stereocenters. The van der Waals surface area contributed by atoms with Crippen LogP contribution in [-0.4, -0.2) is 11.8 Å². The molecular formula is C16H10BrClN2O4. The van der Waals surface area contributed by atoms with Crippen LogP contribution in [0.15, 0.2) is 62.2 Å². The van der Waals surface area contributed by atoms with Crippen LogP contribution in [0.3, 0.4) is 0 Å². The molecule has 6 nitrogen and oxygen atoms in total. The molecule has 0 aliphatic rings. The molecule has 1 aromatic carbocycles. The minimum absolute atomic E-state index is 0.125. The van der Waals surface area contributed by atoms with Gasteiger partial charge in [0, 0.05) is 5.02 Å². The Balaban J connectivity index is 1.83. The van der Waals surface area contributed by atoms with Crippen LogP contribution in [0.4, 0.5) is 11.4 Å². The SMILES string of the molecule is O=C(Nc1cc(Cl)ccc1NC(=O)c1ccc(Br)o1)c1ccco1. The zero-order chi connectivity index (χ0) is 17.1. The lowest BCUT2D eigenvalue weighted by Crippen LogP contribution is -2.16. The van der Waals surface area contributed by atoms with Gasteiger partial charge in [-0.2, -0.15) is 0 Å². The van der Waals surface area contributed by atoms with E-state index in [0.29, 0.717) is 21.1 Å². The Morgan fingerprint density at radius 2 is 1.71 bits per heavy atom. The summed E-state index contributed by atoms with van der Waals surface area (Å²) in [4.78, 5) is 24.3. The number of benzene rings is 1. The summed E-state index contributed by atoms with van der Waals surface area (Å²) >= 11 is 9.10. The Labute approximate surface area is 149 Å². The van der Waals surface area contributed by atoms with Crippen molar-refractivity contribution in [3.63, 3.8) is 0 Å². The molecule has 3 rings (SSSR count). The molecule has 0 aliphatic heterocycles. The van der Waals surface area contributed by atoms with Crippen molar-refractivity contribution in [3.8, 4) is 0 Å². The van der Waals surface area contributed by atoms with E-state index in [0.717, 1.165) is 0 Å². The Morgan fingerprint density at radius 3 is 2.38 bits per heavy atom. The fourth-order valence-electron chi connectivity index (χ4n) is 1.94. The molecule has 2 amide bonds. The normalized spacial score (nSPS) is 10.4. The first-order chi connectivity index (χ1) is 11.5. The highest BCUT2D eigenvalue weighted by Crippen LogP contribution is 2.27. The van der Waals surface area contributed by atoms with Crippen molar-refractivity contribution in [1.29, 1.82) is 0 Å². The Kier molecular flexibility index (Phi) is 4.73. The smallest absolute Gasteiger partial charge is 0.291 e. The predicted octanol–water partition coefficient (Wildman–Crippen LogP) is 4.79. The maximum atomic E-state index is 12.2. The average molecular weight is 410 g/mol. The van der Waals surface area contributed by atoms with Crippen LogP contribution >= 0.6 is 27.5 Å². The van der Waals surface area contributed by atoms with Gasteiger partial charge < -0.3 is 19.5 Å². The van der Waals surface area contributed by atoms with Crippen LogP contribution in [0, 0.1) is 0 Å². The number of carbonyl (C=O) groups is 2. The second kappa shape index (κ2) is 6.94. The van der Waals surface area contributed by atoms with Crippen molar-refractivity contribution < 1.29 is 18.4 Å².